The summed E-state index contributed by atoms with van der Waals surface area (Å²) in [7, 11) is 2.00. The third kappa shape index (κ3) is 7.74. The number of aliphatic hydroxyl groups is 1. The number of benzene rings is 2. The van der Waals surface area contributed by atoms with Crippen LogP contribution in [-0.2, 0) is 6.54 Å². The average molecular weight is 552 g/mol. The maximum absolute atomic E-state index is 13.6. The molecule has 202 valence electrons. The summed E-state index contributed by atoms with van der Waals surface area (Å²) in [6.07, 6.45) is -0.240. The molecule has 0 unspecified atom stereocenters. The Morgan fingerprint density at radius 1 is 1.19 bits per heavy atom. The fourth-order valence-corrected chi connectivity index (χ4v) is 4.59. The number of anilines is 1. The van der Waals surface area contributed by atoms with Gasteiger partial charge < -0.3 is 25.4 Å². The lowest BCUT2D eigenvalue weighted by Crippen LogP contribution is -2.49. The van der Waals surface area contributed by atoms with Gasteiger partial charge in [0.2, 0.25) is 0 Å². The summed E-state index contributed by atoms with van der Waals surface area (Å²) in [5.74, 6) is 0.172. The molecule has 10 heteroatoms. The molecule has 0 bridgehead atoms. The van der Waals surface area contributed by atoms with Gasteiger partial charge in [0, 0.05) is 37.3 Å². The Balaban J connectivity index is 1.87. The number of nitrogens with one attached hydrogen (secondary N) is 2. The van der Waals surface area contributed by atoms with E-state index in [4.69, 9.17) is 27.9 Å². The summed E-state index contributed by atoms with van der Waals surface area (Å²) in [6, 6.07) is 9.87. The van der Waals surface area contributed by atoms with Crippen LogP contribution in [0.5, 0.6) is 5.75 Å². The Bertz CT molecular complexity index is 1110. The molecule has 2 aromatic rings. The van der Waals surface area contributed by atoms with Crippen LogP contribution in [0.15, 0.2) is 36.4 Å². The first-order valence-corrected chi connectivity index (χ1v) is 13.2. The molecule has 3 rings (SSSR count). The van der Waals surface area contributed by atoms with Gasteiger partial charge in [-0.05, 0) is 63.7 Å². The highest BCUT2D eigenvalue weighted by Gasteiger charge is 2.33. The van der Waals surface area contributed by atoms with Gasteiger partial charge in [-0.2, -0.15) is 0 Å². The number of halogens is 2. The molecule has 0 spiro atoms. The molecule has 0 saturated heterocycles. The quantitative estimate of drug-likeness (QED) is 0.435. The van der Waals surface area contributed by atoms with Gasteiger partial charge in [0.05, 0.1) is 28.3 Å². The normalized spacial score (nSPS) is 18.6. The molecule has 0 radical (unpaired) electrons. The van der Waals surface area contributed by atoms with Crippen LogP contribution in [0, 0.1) is 5.92 Å². The van der Waals surface area contributed by atoms with Crippen LogP contribution >= 0.6 is 23.2 Å². The average Bonchev–Trinajstić information content (AvgIpc) is 2.83. The van der Waals surface area contributed by atoms with E-state index < -0.39 is 0 Å². The molecule has 0 aromatic heterocycles. The zero-order valence-corrected chi connectivity index (χ0v) is 23.4. The Kier molecular flexibility index (Phi) is 10.1. The number of aliphatic hydroxyl groups excluding tert-OH is 1. The smallest absolute Gasteiger partial charge is 0.319 e. The maximum atomic E-state index is 13.6. The van der Waals surface area contributed by atoms with Crippen LogP contribution < -0.4 is 15.4 Å². The number of urea groups is 1. The van der Waals surface area contributed by atoms with Gasteiger partial charge in [-0.1, -0.05) is 36.2 Å². The molecular weight excluding hydrogens is 515 g/mol. The first-order valence-electron chi connectivity index (χ1n) is 12.4. The van der Waals surface area contributed by atoms with Crippen LogP contribution in [0.25, 0.3) is 0 Å². The minimum atomic E-state index is -0.378. The highest BCUT2D eigenvalue weighted by molar-refractivity contribution is 6.42. The van der Waals surface area contributed by atoms with Crippen molar-refractivity contribution in [3.63, 3.8) is 0 Å². The van der Waals surface area contributed by atoms with Gasteiger partial charge in [0.25, 0.3) is 5.91 Å². The van der Waals surface area contributed by atoms with E-state index in [1.54, 1.807) is 29.2 Å². The Hall–Kier alpha value is -2.52. The number of amides is 3. The number of ether oxygens (including phenoxy) is 1. The van der Waals surface area contributed by atoms with E-state index in [1.807, 2.05) is 46.9 Å². The van der Waals surface area contributed by atoms with Gasteiger partial charge in [0.1, 0.15) is 11.9 Å². The van der Waals surface area contributed by atoms with Crippen LogP contribution in [-0.4, -0.2) is 71.8 Å². The van der Waals surface area contributed by atoms with Gasteiger partial charge in [-0.3, -0.25) is 9.69 Å². The van der Waals surface area contributed by atoms with Crippen molar-refractivity contribution in [2.24, 2.45) is 5.92 Å². The third-order valence-electron chi connectivity index (χ3n) is 6.27. The van der Waals surface area contributed by atoms with Crippen LogP contribution in [0.4, 0.5) is 10.5 Å². The summed E-state index contributed by atoms with van der Waals surface area (Å²) >= 11 is 12.2. The SMILES string of the molecule is CC(C)NC(=O)Nc1ccc2c(c1)C(=O)N([C@@H](C)CO)C[C@H](C)[C@@H](CN(C)Cc1ccc(Cl)c(Cl)c1)O2. The van der Waals surface area contributed by atoms with Crippen molar-refractivity contribution in [3.8, 4) is 5.75 Å². The standard InChI is InChI=1S/C27H36Cl2N4O4/c1-16(2)30-27(36)31-20-7-9-24-21(11-20)26(35)33(18(4)15-34)12-17(3)25(37-24)14-32(5)13-19-6-8-22(28)23(29)10-19/h6-11,16-18,25,34H,12-15H2,1-5H3,(H2,30,31,36)/t17-,18-,25+/m0/s1. The Morgan fingerprint density at radius 2 is 1.92 bits per heavy atom. The first-order chi connectivity index (χ1) is 17.5. The van der Waals surface area contributed by atoms with Crippen molar-refractivity contribution in [3.05, 3.63) is 57.6 Å². The van der Waals surface area contributed by atoms with E-state index in [1.165, 1.54) is 0 Å². The molecule has 0 fully saturated rings. The van der Waals surface area contributed by atoms with E-state index in [-0.39, 0.29) is 42.7 Å². The Morgan fingerprint density at radius 3 is 2.57 bits per heavy atom. The molecular formula is C27H36Cl2N4O4. The van der Waals surface area contributed by atoms with Crippen molar-refractivity contribution in [2.75, 3.05) is 32.1 Å². The fraction of sp³-hybridized carbons (Fsp3) is 0.481. The summed E-state index contributed by atoms with van der Waals surface area (Å²) in [5.41, 5.74) is 1.84. The molecule has 3 N–H and O–H groups in total. The predicted molar refractivity (Wildman–Crippen MR) is 148 cm³/mol. The molecule has 0 saturated carbocycles. The zero-order valence-electron chi connectivity index (χ0n) is 21.9. The minimum absolute atomic E-state index is 0.0167. The maximum Gasteiger partial charge on any atom is 0.319 e. The summed E-state index contributed by atoms with van der Waals surface area (Å²) in [6.45, 7) is 9.07. The molecule has 2 aromatic carbocycles. The second-order valence-corrected chi connectivity index (χ2v) is 10.8. The zero-order chi connectivity index (χ0) is 27.3. The van der Waals surface area contributed by atoms with E-state index in [2.05, 4.69) is 15.5 Å². The van der Waals surface area contributed by atoms with Crippen molar-refractivity contribution in [1.82, 2.24) is 15.1 Å². The number of carbonyl (C=O) groups is 2. The Labute approximate surface area is 228 Å². The number of likely N-dealkylation sites (N-methyl/N-ethyl adjacent to an activating group) is 1. The van der Waals surface area contributed by atoms with Gasteiger partial charge in [-0.15, -0.1) is 0 Å². The number of hydrogen-bond acceptors (Lipinski definition) is 5. The molecule has 3 amide bonds. The first kappa shape index (κ1) is 29.0. The van der Waals surface area contributed by atoms with Gasteiger partial charge in [0.15, 0.2) is 0 Å². The number of hydrogen-bond donors (Lipinski definition) is 3. The number of nitrogens with zero attached hydrogens (tertiary/aromatic N) is 2. The van der Waals surface area contributed by atoms with Crippen LogP contribution in [0.3, 0.4) is 0 Å². The van der Waals surface area contributed by atoms with E-state index in [9.17, 15) is 14.7 Å². The molecule has 3 atom stereocenters. The lowest BCUT2D eigenvalue weighted by molar-refractivity contribution is 0.0341. The highest BCUT2D eigenvalue weighted by atomic mass is 35.5. The lowest BCUT2D eigenvalue weighted by Gasteiger charge is -2.38. The topological polar surface area (TPSA) is 94.1 Å². The summed E-state index contributed by atoms with van der Waals surface area (Å²) in [5, 5.41) is 16.4. The number of carbonyl (C=O) groups excluding carboxylic acids is 2. The molecule has 0 aliphatic carbocycles. The van der Waals surface area contributed by atoms with Crippen molar-refractivity contribution in [1.29, 1.82) is 0 Å². The van der Waals surface area contributed by atoms with Crippen molar-refractivity contribution < 1.29 is 19.4 Å². The van der Waals surface area contributed by atoms with Crippen LogP contribution in [0.1, 0.15) is 43.6 Å². The molecule has 37 heavy (non-hydrogen) atoms. The van der Waals surface area contributed by atoms with Gasteiger partial charge >= 0.3 is 6.03 Å². The minimum Gasteiger partial charge on any atom is -0.488 e. The van der Waals surface area contributed by atoms with Crippen molar-refractivity contribution in [2.45, 2.75) is 52.4 Å². The summed E-state index contributed by atoms with van der Waals surface area (Å²) in [4.78, 5) is 29.6. The highest BCUT2D eigenvalue weighted by Crippen LogP contribution is 2.31. The predicted octanol–water partition coefficient (Wildman–Crippen LogP) is 4.88. The van der Waals surface area contributed by atoms with Crippen molar-refractivity contribution >= 4 is 40.8 Å². The molecule has 1 heterocycles. The summed E-state index contributed by atoms with van der Waals surface area (Å²) < 4.78 is 6.43. The monoisotopic (exact) mass is 550 g/mol. The van der Waals surface area contributed by atoms with Crippen LogP contribution in [0.2, 0.25) is 10.0 Å². The largest absolute Gasteiger partial charge is 0.488 e. The second kappa shape index (κ2) is 12.8. The number of rotatable bonds is 8. The number of fused-ring (bicyclic) bond motifs is 1. The lowest BCUT2D eigenvalue weighted by atomic mass is 9.99. The molecule has 1 aliphatic rings. The van der Waals surface area contributed by atoms with E-state index in [0.717, 1.165) is 5.56 Å². The fourth-order valence-electron chi connectivity index (χ4n) is 4.27. The van der Waals surface area contributed by atoms with E-state index in [0.29, 0.717) is 46.7 Å². The van der Waals surface area contributed by atoms with Gasteiger partial charge in [-0.25, -0.2) is 4.79 Å². The molecule has 1 aliphatic heterocycles. The second-order valence-electron chi connectivity index (χ2n) is 10.0. The molecule has 8 nitrogen and oxygen atoms in total. The third-order valence-corrected chi connectivity index (χ3v) is 7.01. The van der Waals surface area contributed by atoms with E-state index >= 15 is 0 Å².